The maximum atomic E-state index is 14.4. The zero-order valence-corrected chi connectivity index (χ0v) is 21.6. The molecular weight excluding hydrogens is 498 g/mol. The number of para-hydroxylation sites is 1. The number of anilines is 1. The number of carbonyl (C=O) groups excluding carboxylic acids is 1. The van der Waals surface area contributed by atoms with Crippen molar-refractivity contribution in [2.24, 2.45) is 0 Å². The first-order valence-electron chi connectivity index (χ1n) is 11.9. The largest absolute Gasteiger partial charge is 0.279 e. The molecule has 6 rings (SSSR count). The van der Waals surface area contributed by atoms with E-state index in [9.17, 15) is 4.79 Å². The second-order valence-corrected chi connectivity index (χ2v) is 10.2. The van der Waals surface area contributed by atoms with E-state index in [1.54, 1.807) is 4.90 Å². The van der Waals surface area contributed by atoms with Gasteiger partial charge in [-0.1, -0.05) is 102 Å². The summed E-state index contributed by atoms with van der Waals surface area (Å²) in [4.78, 5) is 25.9. The minimum atomic E-state index is -0.123. The topological polar surface area (TPSA) is 46.1 Å². The molecule has 0 spiro atoms. The van der Waals surface area contributed by atoms with Crippen molar-refractivity contribution in [2.75, 3.05) is 4.90 Å². The standard InChI is InChI=1S/C31H22ClN3OS/c1-20-25(32)16-17-28-29(20)34-31(37-28)35(19-21-10-4-2-5-11-21)30(36)24-18-27(22-12-6-3-7-13-22)33-26-15-9-8-14-23(24)26/h2-18H,19H2,1H3. The Hall–Kier alpha value is -4.06. The Morgan fingerprint density at radius 3 is 2.35 bits per heavy atom. The maximum Gasteiger partial charge on any atom is 0.261 e. The number of amides is 1. The Bertz CT molecular complexity index is 1750. The molecule has 0 aliphatic carbocycles. The summed E-state index contributed by atoms with van der Waals surface area (Å²) in [5.41, 5.74) is 5.84. The monoisotopic (exact) mass is 519 g/mol. The van der Waals surface area contributed by atoms with E-state index in [-0.39, 0.29) is 5.91 Å². The fourth-order valence-electron chi connectivity index (χ4n) is 4.45. The molecule has 6 aromatic rings. The molecule has 0 aliphatic rings. The molecule has 0 radical (unpaired) electrons. The van der Waals surface area contributed by atoms with Crippen LogP contribution in [-0.4, -0.2) is 15.9 Å². The summed E-state index contributed by atoms with van der Waals surface area (Å²) >= 11 is 7.88. The Morgan fingerprint density at radius 1 is 0.865 bits per heavy atom. The van der Waals surface area contributed by atoms with Crippen LogP contribution in [0.2, 0.25) is 5.02 Å². The fourth-order valence-corrected chi connectivity index (χ4v) is 5.63. The van der Waals surface area contributed by atoms with Crippen molar-refractivity contribution in [1.29, 1.82) is 0 Å². The van der Waals surface area contributed by atoms with Gasteiger partial charge in [0.1, 0.15) is 0 Å². The molecule has 37 heavy (non-hydrogen) atoms. The lowest BCUT2D eigenvalue weighted by atomic mass is 10.0. The number of carbonyl (C=O) groups is 1. The highest BCUT2D eigenvalue weighted by molar-refractivity contribution is 7.22. The third kappa shape index (κ3) is 4.48. The first-order valence-corrected chi connectivity index (χ1v) is 13.1. The minimum absolute atomic E-state index is 0.123. The van der Waals surface area contributed by atoms with Gasteiger partial charge in [-0.15, -0.1) is 0 Å². The summed E-state index contributed by atoms with van der Waals surface area (Å²) in [7, 11) is 0. The van der Waals surface area contributed by atoms with E-state index in [1.165, 1.54) is 11.3 Å². The van der Waals surface area contributed by atoms with Gasteiger partial charge in [0.2, 0.25) is 0 Å². The number of aromatic nitrogens is 2. The van der Waals surface area contributed by atoms with Gasteiger partial charge in [0, 0.05) is 16.0 Å². The summed E-state index contributed by atoms with van der Waals surface area (Å²) in [6.45, 7) is 2.35. The second kappa shape index (κ2) is 9.77. The number of thiazole rings is 1. The fraction of sp³-hybridized carbons (Fsp3) is 0.0645. The molecule has 0 N–H and O–H groups in total. The molecular formula is C31H22ClN3OS. The number of rotatable bonds is 5. The van der Waals surface area contributed by atoms with Crippen molar-refractivity contribution in [3.8, 4) is 11.3 Å². The van der Waals surface area contributed by atoms with E-state index in [2.05, 4.69) is 0 Å². The molecule has 2 heterocycles. The van der Waals surface area contributed by atoms with Gasteiger partial charge < -0.3 is 0 Å². The quantitative estimate of drug-likeness (QED) is 0.230. The lowest BCUT2D eigenvalue weighted by molar-refractivity contribution is 0.0986. The van der Waals surface area contributed by atoms with Crippen molar-refractivity contribution >= 4 is 55.1 Å². The Kier molecular flexibility index (Phi) is 6.16. The van der Waals surface area contributed by atoms with Gasteiger partial charge in [0.05, 0.1) is 33.5 Å². The Morgan fingerprint density at radius 2 is 1.57 bits per heavy atom. The predicted molar refractivity (Wildman–Crippen MR) is 154 cm³/mol. The zero-order valence-electron chi connectivity index (χ0n) is 20.1. The molecule has 0 fully saturated rings. The normalized spacial score (nSPS) is 11.2. The summed E-state index contributed by atoms with van der Waals surface area (Å²) in [6.07, 6.45) is 0. The summed E-state index contributed by atoms with van der Waals surface area (Å²) in [5.74, 6) is -0.123. The van der Waals surface area contributed by atoms with Crippen LogP contribution in [0, 0.1) is 6.92 Å². The number of hydrogen-bond acceptors (Lipinski definition) is 4. The van der Waals surface area contributed by atoms with Crippen LogP contribution in [0.25, 0.3) is 32.4 Å². The molecule has 0 saturated heterocycles. The summed E-state index contributed by atoms with van der Waals surface area (Å²) in [5, 5.41) is 2.11. The van der Waals surface area contributed by atoms with Crippen LogP contribution >= 0.6 is 22.9 Å². The lowest BCUT2D eigenvalue weighted by Crippen LogP contribution is -2.30. The zero-order chi connectivity index (χ0) is 25.4. The number of aryl methyl sites for hydroxylation is 1. The van der Waals surface area contributed by atoms with Crippen LogP contribution in [0.3, 0.4) is 0 Å². The van der Waals surface area contributed by atoms with Crippen molar-refractivity contribution in [3.63, 3.8) is 0 Å². The van der Waals surface area contributed by atoms with Crippen molar-refractivity contribution in [2.45, 2.75) is 13.5 Å². The third-order valence-corrected chi connectivity index (χ3v) is 7.87. The minimum Gasteiger partial charge on any atom is -0.279 e. The highest BCUT2D eigenvalue weighted by Crippen LogP contribution is 2.36. The van der Waals surface area contributed by atoms with Gasteiger partial charge in [0.15, 0.2) is 5.13 Å². The van der Waals surface area contributed by atoms with Crippen LogP contribution < -0.4 is 4.90 Å². The molecule has 180 valence electrons. The molecule has 0 bridgehead atoms. The summed E-state index contributed by atoms with van der Waals surface area (Å²) in [6, 6.07) is 33.4. The molecule has 1 amide bonds. The van der Waals surface area contributed by atoms with E-state index < -0.39 is 0 Å². The van der Waals surface area contributed by atoms with Crippen LogP contribution in [0.4, 0.5) is 5.13 Å². The number of pyridine rings is 1. The highest BCUT2D eigenvalue weighted by atomic mass is 35.5. The molecule has 4 nitrogen and oxygen atoms in total. The maximum absolute atomic E-state index is 14.4. The first kappa shape index (κ1) is 23.3. The van der Waals surface area contributed by atoms with Crippen molar-refractivity contribution in [1.82, 2.24) is 9.97 Å². The van der Waals surface area contributed by atoms with Crippen LogP contribution in [0.1, 0.15) is 21.5 Å². The number of fused-ring (bicyclic) bond motifs is 2. The van der Waals surface area contributed by atoms with E-state index in [0.29, 0.717) is 22.3 Å². The first-order chi connectivity index (χ1) is 18.1. The van der Waals surface area contributed by atoms with Crippen molar-refractivity contribution in [3.05, 3.63) is 125 Å². The highest BCUT2D eigenvalue weighted by Gasteiger charge is 2.25. The van der Waals surface area contributed by atoms with Gasteiger partial charge in [-0.3, -0.25) is 9.69 Å². The lowest BCUT2D eigenvalue weighted by Gasteiger charge is -2.21. The smallest absolute Gasteiger partial charge is 0.261 e. The van der Waals surface area contributed by atoms with Gasteiger partial charge in [-0.25, -0.2) is 9.97 Å². The molecule has 6 heteroatoms. The SMILES string of the molecule is Cc1c(Cl)ccc2sc(N(Cc3ccccc3)C(=O)c3cc(-c4ccccc4)nc4ccccc34)nc12. The van der Waals surface area contributed by atoms with Gasteiger partial charge in [0.25, 0.3) is 5.91 Å². The molecule has 0 aliphatic heterocycles. The molecule has 0 atom stereocenters. The van der Waals surface area contributed by atoms with E-state index in [1.807, 2.05) is 110 Å². The number of benzene rings is 4. The van der Waals surface area contributed by atoms with Gasteiger partial charge >= 0.3 is 0 Å². The average molecular weight is 520 g/mol. The second-order valence-electron chi connectivity index (χ2n) is 8.83. The molecule has 0 unspecified atom stereocenters. The Balaban J connectivity index is 1.53. The third-order valence-electron chi connectivity index (χ3n) is 6.41. The number of nitrogens with zero attached hydrogens (tertiary/aromatic N) is 3. The van der Waals surface area contributed by atoms with Crippen LogP contribution in [0.5, 0.6) is 0 Å². The number of hydrogen-bond donors (Lipinski definition) is 0. The van der Waals surface area contributed by atoms with E-state index >= 15 is 0 Å². The number of halogens is 1. The van der Waals surface area contributed by atoms with E-state index in [0.717, 1.165) is 43.5 Å². The van der Waals surface area contributed by atoms with Crippen LogP contribution in [-0.2, 0) is 6.54 Å². The predicted octanol–water partition coefficient (Wildman–Crippen LogP) is 8.32. The van der Waals surface area contributed by atoms with E-state index in [4.69, 9.17) is 21.6 Å². The summed E-state index contributed by atoms with van der Waals surface area (Å²) < 4.78 is 0.993. The molecule has 2 aromatic heterocycles. The van der Waals surface area contributed by atoms with Crippen molar-refractivity contribution < 1.29 is 4.79 Å². The van der Waals surface area contributed by atoms with Crippen LogP contribution in [0.15, 0.2) is 103 Å². The molecule has 4 aromatic carbocycles. The van der Waals surface area contributed by atoms with Gasteiger partial charge in [-0.05, 0) is 42.3 Å². The molecule has 0 saturated carbocycles. The average Bonchev–Trinajstić information content (AvgIpc) is 3.39. The Labute approximate surface area is 223 Å². The van der Waals surface area contributed by atoms with Gasteiger partial charge in [-0.2, -0.15) is 0 Å².